The summed E-state index contributed by atoms with van der Waals surface area (Å²) in [6.45, 7) is 1.66. The summed E-state index contributed by atoms with van der Waals surface area (Å²) in [4.78, 5) is 0.577. The van der Waals surface area contributed by atoms with Crippen LogP contribution in [0.3, 0.4) is 0 Å². The highest BCUT2D eigenvalue weighted by Crippen LogP contribution is 2.23. The summed E-state index contributed by atoms with van der Waals surface area (Å²) in [7, 11) is 0. The van der Waals surface area contributed by atoms with Crippen LogP contribution in [0.4, 0.5) is 4.39 Å². The Balaban J connectivity index is 3.05. The fourth-order valence-corrected chi connectivity index (χ4v) is 1.45. The van der Waals surface area contributed by atoms with E-state index >= 15 is 0 Å². The Kier molecular flexibility index (Phi) is 3.12. The summed E-state index contributed by atoms with van der Waals surface area (Å²) in [6.07, 6.45) is 1.28. The van der Waals surface area contributed by atoms with Crippen molar-refractivity contribution in [1.82, 2.24) is 0 Å². The van der Waals surface area contributed by atoms with E-state index in [0.29, 0.717) is 4.90 Å². The van der Waals surface area contributed by atoms with Crippen molar-refractivity contribution in [3.05, 3.63) is 29.6 Å². The first-order valence-electron chi connectivity index (χ1n) is 3.66. The van der Waals surface area contributed by atoms with E-state index in [4.69, 9.17) is 0 Å². The second kappa shape index (κ2) is 3.92. The van der Waals surface area contributed by atoms with Gasteiger partial charge in [-0.2, -0.15) is 0 Å². The number of rotatable bonds is 2. The second-order valence-electron chi connectivity index (χ2n) is 2.57. The predicted molar refractivity (Wildman–Crippen MR) is 48.8 cm³/mol. The molecule has 1 unspecified atom stereocenters. The minimum absolute atomic E-state index is 0.230. The third kappa shape index (κ3) is 1.99. The predicted octanol–water partition coefficient (Wildman–Crippen LogP) is 2.60. The molecule has 0 saturated heterocycles. The summed E-state index contributed by atoms with van der Waals surface area (Å²) in [5.74, 6) is -0.230. The molecule has 1 aromatic carbocycles. The molecule has 0 aliphatic heterocycles. The van der Waals surface area contributed by atoms with Crippen LogP contribution >= 0.6 is 11.8 Å². The first-order valence-corrected chi connectivity index (χ1v) is 4.89. The zero-order chi connectivity index (χ0) is 9.14. The van der Waals surface area contributed by atoms with Crippen molar-refractivity contribution in [3.63, 3.8) is 0 Å². The van der Waals surface area contributed by atoms with Crippen LogP contribution in [0.5, 0.6) is 0 Å². The van der Waals surface area contributed by atoms with E-state index in [1.165, 1.54) is 17.8 Å². The van der Waals surface area contributed by atoms with Gasteiger partial charge in [0.25, 0.3) is 0 Å². The molecule has 1 atom stereocenters. The van der Waals surface area contributed by atoms with Crippen molar-refractivity contribution in [2.24, 2.45) is 0 Å². The third-order valence-corrected chi connectivity index (χ3v) is 2.41. The van der Waals surface area contributed by atoms with Crippen LogP contribution in [-0.2, 0) is 0 Å². The van der Waals surface area contributed by atoms with E-state index in [0.717, 1.165) is 5.56 Å². The number of aliphatic hydroxyl groups is 1. The van der Waals surface area contributed by atoms with Crippen LogP contribution < -0.4 is 0 Å². The Labute approximate surface area is 75.6 Å². The first kappa shape index (κ1) is 9.55. The van der Waals surface area contributed by atoms with E-state index in [2.05, 4.69) is 0 Å². The fourth-order valence-electron chi connectivity index (χ4n) is 0.936. The topological polar surface area (TPSA) is 20.2 Å². The molecule has 0 spiro atoms. The molecule has 0 aromatic heterocycles. The van der Waals surface area contributed by atoms with Crippen LogP contribution in [0.2, 0.25) is 0 Å². The average Bonchev–Trinajstić information content (AvgIpc) is 2.05. The molecule has 0 radical (unpaired) electrons. The molecule has 0 aliphatic rings. The quantitative estimate of drug-likeness (QED) is 0.716. The zero-order valence-electron chi connectivity index (χ0n) is 7.04. The highest BCUT2D eigenvalue weighted by Gasteiger charge is 2.05. The normalized spacial score (nSPS) is 13.0. The van der Waals surface area contributed by atoms with Gasteiger partial charge in [-0.15, -0.1) is 11.8 Å². The van der Waals surface area contributed by atoms with Crippen LogP contribution in [0.1, 0.15) is 18.6 Å². The van der Waals surface area contributed by atoms with Gasteiger partial charge in [0.2, 0.25) is 0 Å². The molecule has 0 saturated carbocycles. The lowest BCUT2D eigenvalue weighted by molar-refractivity contribution is 0.199. The number of hydrogen-bond acceptors (Lipinski definition) is 2. The second-order valence-corrected chi connectivity index (χ2v) is 3.42. The summed E-state index contributed by atoms with van der Waals surface area (Å²) in [5, 5.41) is 9.20. The van der Waals surface area contributed by atoms with Crippen LogP contribution in [-0.4, -0.2) is 11.4 Å². The SMILES string of the molecule is CSc1cc(C(C)O)ccc1F. The summed E-state index contributed by atoms with van der Waals surface area (Å²) in [6, 6.07) is 4.65. The molecule has 0 fully saturated rings. The van der Waals surface area contributed by atoms with Crippen LogP contribution in [0.15, 0.2) is 23.1 Å². The van der Waals surface area contributed by atoms with Gasteiger partial charge in [0.05, 0.1) is 6.10 Å². The summed E-state index contributed by atoms with van der Waals surface area (Å²) >= 11 is 1.34. The van der Waals surface area contributed by atoms with E-state index in [9.17, 15) is 9.50 Å². The third-order valence-electron chi connectivity index (χ3n) is 1.66. The number of aliphatic hydroxyl groups excluding tert-OH is 1. The Hall–Kier alpha value is -0.540. The Morgan fingerprint density at radius 3 is 2.67 bits per heavy atom. The molecule has 1 rings (SSSR count). The molecule has 0 amide bonds. The number of thioether (sulfide) groups is 1. The first-order chi connectivity index (χ1) is 5.65. The van der Waals surface area contributed by atoms with E-state index in [-0.39, 0.29) is 5.82 Å². The summed E-state index contributed by atoms with van der Waals surface area (Å²) in [5.41, 5.74) is 0.751. The molecule has 1 nitrogen and oxygen atoms in total. The van der Waals surface area contributed by atoms with Crippen molar-refractivity contribution >= 4 is 11.8 Å². The highest BCUT2D eigenvalue weighted by atomic mass is 32.2. The van der Waals surface area contributed by atoms with Crippen molar-refractivity contribution in [2.45, 2.75) is 17.9 Å². The van der Waals surface area contributed by atoms with Gasteiger partial charge in [0.1, 0.15) is 5.82 Å². The molecule has 12 heavy (non-hydrogen) atoms. The Bertz CT molecular complexity index is 273. The number of hydrogen-bond donors (Lipinski definition) is 1. The van der Waals surface area contributed by atoms with Gasteiger partial charge in [0, 0.05) is 4.90 Å². The van der Waals surface area contributed by atoms with E-state index in [1.54, 1.807) is 19.1 Å². The monoisotopic (exact) mass is 186 g/mol. The highest BCUT2D eigenvalue weighted by molar-refractivity contribution is 7.98. The Morgan fingerprint density at radius 2 is 2.17 bits per heavy atom. The molecule has 66 valence electrons. The van der Waals surface area contributed by atoms with Gasteiger partial charge < -0.3 is 5.11 Å². The smallest absolute Gasteiger partial charge is 0.136 e. The molecule has 1 aromatic rings. The van der Waals surface area contributed by atoms with Crippen LogP contribution in [0.25, 0.3) is 0 Å². The zero-order valence-corrected chi connectivity index (χ0v) is 7.86. The van der Waals surface area contributed by atoms with Crippen molar-refractivity contribution in [1.29, 1.82) is 0 Å². The molecule has 0 heterocycles. The van der Waals surface area contributed by atoms with Gasteiger partial charge in [-0.25, -0.2) is 4.39 Å². The van der Waals surface area contributed by atoms with Gasteiger partial charge in [-0.1, -0.05) is 6.07 Å². The fraction of sp³-hybridized carbons (Fsp3) is 0.333. The Morgan fingerprint density at radius 1 is 1.50 bits per heavy atom. The van der Waals surface area contributed by atoms with Crippen molar-refractivity contribution in [2.75, 3.05) is 6.26 Å². The van der Waals surface area contributed by atoms with Crippen molar-refractivity contribution < 1.29 is 9.50 Å². The average molecular weight is 186 g/mol. The lowest BCUT2D eigenvalue weighted by Gasteiger charge is -2.06. The van der Waals surface area contributed by atoms with Gasteiger partial charge >= 0.3 is 0 Å². The molecule has 1 N–H and O–H groups in total. The maximum Gasteiger partial charge on any atom is 0.136 e. The molecule has 0 aliphatic carbocycles. The largest absolute Gasteiger partial charge is 0.389 e. The van der Waals surface area contributed by atoms with E-state index in [1.807, 2.05) is 6.26 Å². The number of benzene rings is 1. The standard InChI is InChI=1S/C9H11FOS/c1-6(11)7-3-4-8(10)9(5-7)12-2/h3-6,11H,1-2H3. The van der Waals surface area contributed by atoms with E-state index < -0.39 is 6.10 Å². The minimum Gasteiger partial charge on any atom is -0.389 e. The van der Waals surface area contributed by atoms with Crippen molar-refractivity contribution in [3.8, 4) is 0 Å². The number of halogens is 1. The van der Waals surface area contributed by atoms with Crippen LogP contribution in [0, 0.1) is 5.82 Å². The molecular formula is C9H11FOS. The maximum absolute atomic E-state index is 12.9. The molecule has 0 bridgehead atoms. The molecule has 3 heteroatoms. The maximum atomic E-state index is 12.9. The lowest BCUT2D eigenvalue weighted by atomic mass is 10.1. The lowest BCUT2D eigenvalue weighted by Crippen LogP contribution is -1.92. The van der Waals surface area contributed by atoms with Gasteiger partial charge in [0.15, 0.2) is 0 Å². The minimum atomic E-state index is -0.531. The molecular weight excluding hydrogens is 175 g/mol. The van der Waals surface area contributed by atoms with Gasteiger partial charge in [-0.3, -0.25) is 0 Å². The van der Waals surface area contributed by atoms with Gasteiger partial charge in [-0.05, 0) is 30.9 Å². The summed E-state index contributed by atoms with van der Waals surface area (Å²) < 4.78 is 12.9.